The van der Waals surface area contributed by atoms with Crippen molar-refractivity contribution in [3.05, 3.63) is 63.8 Å². The highest BCUT2D eigenvalue weighted by molar-refractivity contribution is 7.89. The van der Waals surface area contributed by atoms with Crippen molar-refractivity contribution in [2.75, 3.05) is 35.9 Å². The summed E-state index contributed by atoms with van der Waals surface area (Å²) in [6, 6.07) is 10.0. The van der Waals surface area contributed by atoms with Gasteiger partial charge in [-0.1, -0.05) is 11.6 Å². The molecule has 2 aromatic carbocycles. The van der Waals surface area contributed by atoms with E-state index >= 15 is 0 Å². The molecule has 3 aromatic rings. The Morgan fingerprint density at radius 3 is 2.44 bits per heavy atom. The van der Waals surface area contributed by atoms with Gasteiger partial charge in [0.2, 0.25) is 10.0 Å². The lowest BCUT2D eigenvalue weighted by atomic mass is 10.1. The van der Waals surface area contributed by atoms with Gasteiger partial charge in [0, 0.05) is 23.8 Å². The SMILES string of the molecule is Cc1nc(C)c(N(c2ccc(Cl)cc2C(=O)Nc2ccc(S(=O)(=O)N3CCOCC3)cc2)S(=O)[O-])s1. The fourth-order valence-corrected chi connectivity index (χ4v) is 6.98. The number of sulfonamides is 1. The van der Waals surface area contributed by atoms with E-state index in [1.165, 1.54) is 58.1 Å². The number of aromatic nitrogens is 1. The first kappa shape index (κ1) is 26.7. The van der Waals surface area contributed by atoms with Gasteiger partial charge >= 0.3 is 0 Å². The predicted molar refractivity (Wildman–Crippen MR) is 138 cm³/mol. The van der Waals surface area contributed by atoms with Crippen LogP contribution in [0.4, 0.5) is 16.4 Å². The summed E-state index contributed by atoms with van der Waals surface area (Å²) in [5.41, 5.74) is 0.942. The molecule has 0 spiro atoms. The number of benzene rings is 2. The Morgan fingerprint density at radius 1 is 1.19 bits per heavy atom. The van der Waals surface area contributed by atoms with Crippen LogP contribution < -0.4 is 9.62 Å². The van der Waals surface area contributed by atoms with Crippen LogP contribution in [0.15, 0.2) is 47.4 Å². The number of hydrogen-bond acceptors (Lipinski definition) is 8. The molecule has 1 atom stereocenters. The smallest absolute Gasteiger partial charge is 0.257 e. The molecular formula is C22H22ClN4O6S3-. The first-order valence-corrected chi connectivity index (χ1v) is 14.4. The Bertz CT molecular complexity index is 1410. The highest BCUT2D eigenvalue weighted by atomic mass is 35.5. The zero-order chi connectivity index (χ0) is 26.0. The maximum Gasteiger partial charge on any atom is 0.257 e. The number of aryl methyl sites for hydroxylation is 2. The van der Waals surface area contributed by atoms with E-state index in [-0.39, 0.29) is 34.3 Å². The fraction of sp³-hybridized carbons (Fsp3) is 0.273. The summed E-state index contributed by atoms with van der Waals surface area (Å²) in [4.78, 5) is 17.6. The van der Waals surface area contributed by atoms with Crippen molar-refractivity contribution in [2.24, 2.45) is 0 Å². The van der Waals surface area contributed by atoms with Crippen LogP contribution in [-0.4, -0.2) is 58.7 Å². The van der Waals surface area contributed by atoms with Crippen molar-refractivity contribution in [1.82, 2.24) is 9.29 Å². The summed E-state index contributed by atoms with van der Waals surface area (Å²) in [6.45, 7) is 4.65. The van der Waals surface area contributed by atoms with E-state index in [9.17, 15) is 22.0 Å². The first-order chi connectivity index (χ1) is 17.1. The summed E-state index contributed by atoms with van der Waals surface area (Å²) < 4.78 is 57.6. The number of carbonyl (C=O) groups is 1. The van der Waals surface area contributed by atoms with Crippen LogP contribution in [0.1, 0.15) is 21.1 Å². The molecule has 0 bridgehead atoms. The molecule has 1 unspecified atom stereocenters. The number of halogens is 1. The van der Waals surface area contributed by atoms with Crippen LogP contribution in [-0.2, 0) is 26.0 Å². The van der Waals surface area contributed by atoms with Crippen LogP contribution in [0.25, 0.3) is 0 Å². The van der Waals surface area contributed by atoms with Crippen LogP contribution in [0.3, 0.4) is 0 Å². The van der Waals surface area contributed by atoms with Crippen molar-refractivity contribution in [1.29, 1.82) is 0 Å². The van der Waals surface area contributed by atoms with E-state index in [1.54, 1.807) is 13.8 Å². The third kappa shape index (κ3) is 5.62. The van der Waals surface area contributed by atoms with Crippen LogP contribution >= 0.6 is 22.9 Å². The number of carbonyl (C=O) groups excluding carboxylic acids is 1. The minimum absolute atomic E-state index is 0.0159. The molecule has 2 heterocycles. The second kappa shape index (κ2) is 10.9. The molecule has 36 heavy (non-hydrogen) atoms. The minimum atomic E-state index is -3.68. The number of nitrogens with one attached hydrogen (secondary N) is 1. The number of nitrogens with zero attached hydrogens (tertiary/aromatic N) is 3. The first-order valence-electron chi connectivity index (χ1n) is 10.7. The van der Waals surface area contributed by atoms with Gasteiger partial charge in [0.25, 0.3) is 5.91 Å². The Labute approximate surface area is 220 Å². The lowest BCUT2D eigenvalue weighted by Crippen LogP contribution is -2.40. The predicted octanol–water partition coefficient (Wildman–Crippen LogP) is 3.62. The molecule has 1 saturated heterocycles. The maximum absolute atomic E-state index is 13.2. The normalized spacial score (nSPS) is 15.4. The number of morpholine rings is 1. The quantitative estimate of drug-likeness (QED) is 0.430. The Morgan fingerprint density at radius 2 is 1.86 bits per heavy atom. The van der Waals surface area contributed by atoms with E-state index in [4.69, 9.17) is 16.3 Å². The molecule has 0 aliphatic carbocycles. The third-order valence-corrected chi connectivity index (χ3v) is 9.35. The van der Waals surface area contributed by atoms with Gasteiger partial charge in [-0.2, -0.15) is 4.31 Å². The molecule has 1 amide bonds. The molecule has 1 fully saturated rings. The molecule has 4 rings (SSSR count). The molecule has 0 saturated carbocycles. The number of hydrogen-bond donors (Lipinski definition) is 1. The monoisotopic (exact) mass is 569 g/mol. The summed E-state index contributed by atoms with van der Waals surface area (Å²) in [7, 11) is -3.68. The van der Waals surface area contributed by atoms with Crippen molar-refractivity contribution in [3.63, 3.8) is 0 Å². The summed E-state index contributed by atoms with van der Waals surface area (Å²) >= 11 is 4.56. The van der Waals surface area contributed by atoms with Gasteiger partial charge in [0.05, 0.1) is 51.3 Å². The third-order valence-electron chi connectivity index (χ3n) is 5.35. The van der Waals surface area contributed by atoms with E-state index in [2.05, 4.69) is 10.3 Å². The largest absolute Gasteiger partial charge is 0.755 e. The zero-order valence-electron chi connectivity index (χ0n) is 19.3. The molecule has 14 heteroatoms. The van der Waals surface area contributed by atoms with Crippen LogP contribution in [0.2, 0.25) is 5.02 Å². The molecule has 1 aliphatic rings. The molecule has 192 valence electrons. The Hall–Kier alpha value is -2.39. The Kier molecular flexibility index (Phi) is 8.09. The number of anilines is 3. The molecule has 1 N–H and O–H groups in total. The van der Waals surface area contributed by atoms with Crippen LogP contribution in [0, 0.1) is 13.8 Å². The van der Waals surface area contributed by atoms with Crippen molar-refractivity contribution >= 4 is 66.5 Å². The van der Waals surface area contributed by atoms with Gasteiger partial charge in [-0.15, -0.1) is 11.3 Å². The topological polar surface area (TPSA) is 132 Å². The lowest BCUT2D eigenvalue weighted by molar-refractivity contribution is 0.0730. The molecule has 0 radical (unpaired) electrons. The van der Waals surface area contributed by atoms with E-state index in [0.29, 0.717) is 34.6 Å². The molecule has 10 nitrogen and oxygen atoms in total. The fourth-order valence-electron chi connectivity index (χ4n) is 3.68. The van der Waals surface area contributed by atoms with Crippen molar-refractivity contribution in [3.8, 4) is 0 Å². The second-order valence-electron chi connectivity index (χ2n) is 7.79. The van der Waals surface area contributed by atoms with Gasteiger partial charge < -0.3 is 14.6 Å². The van der Waals surface area contributed by atoms with Crippen LogP contribution in [0.5, 0.6) is 0 Å². The standard InChI is InChI=1S/C22H23ClN4O6S3/c1-14-22(34-15(2)24-14)27(35(29)30)20-8-3-16(23)13-19(20)21(28)25-17-4-6-18(7-5-17)36(31,32)26-9-11-33-12-10-26/h3-8,13H,9-12H2,1-2H3,(H,25,28)(H,29,30)/p-1. The summed E-state index contributed by atoms with van der Waals surface area (Å²) in [5.74, 6) is -0.620. The number of rotatable bonds is 7. The number of amides is 1. The average molecular weight is 570 g/mol. The zero-order valence-corrected chi connectivity index (χ0v) is 22.5. The lowest BCUT2D eigenvalue weighted by Gasteiger charge is -2.27. The maximum atomic E-state index is 13.2. The Balaban J connectivity index is 1.62. The second-order valence-corrected chi connectivity index (χ2v) is 12.1. The van der Waals surface area contributed by atoms with E-state index in [1.807, 2.05) is 0 Å². The molecular weight excluding hydrogens is 548 g/mol. The van der Waals surface area contributed by atoms with Crippen molar-refractivity contribution < 1.29 is 26.7 Å². The number of thiazole rings is 1. The van der Waals surface area contributed by atoms with E-state index in [0.717, 1.165) is 4.31 Å². The van der Waals surface area contributed by atoms with Gasteiger partial charge in [-0.25, -0.2) is 13.4 Å². The van der Waals surface area contributed by atoms with Gasteiger partial charge in [-0.3, -0.25) is 13.3 Å². The van der Waals surface area contributed by atoms with Gasteiger partial charge in [0.1, 0.15) is 5.00 Å². The summed E-state index contributed by atoms with van der Waals surface area (Å²) in [6.07, 6.45) is 0. The number of ether oxygens (including phenoxy) is 1. The highest BCUT2D eigenvalue weighted by Gasteiger charge is 2.27. The van der Waals surface area contributed by atoms with Gasteiger partial charge in [0.15, 0.2) is 0 Å². The molecule has 1 aromatic heterocycles. The minimum Gasteiger partial charge on any atom is -0.755 e. The highest BCUT2D eigenvalue weighted by Crippen LogP contribution is 2.37. The van der Waals surface area contributed by atoms with Crippen molar-refractivity contribution in [2.45, 2.75) is 18.7 Å². The van der Waals surface area contributed by atoms with E-state index < -0.39 is 27.2 Å². The van der Waals surface area contributed by atoms with Gasteiger partial charge in [-0.05, 0) is 56.3 Å². The summed E-state index contributed by atoms with van der Waals surface area (Å²) in [5, 5.41) is 3.95. The average Bonchev–Trinajstić information content (AvgIpc) is 3.18. The molecule has 1 aliphatic heterocycles.